The molecule has 0 fully saturated rings. The Balaban J connectivity index is 2.00. The van der Waals surface area contributed by atoms with Gasteiger partial charge in [-0.25, -0.2) is 4.39 Å². The molecule has 2 aromatic rings. The number of ether oxygens (including phenoxy) is 1. The molecule has 2 aromatic carbocycles. The summed E-state index contributed by atoms with van der Waals surface area (Å²) >= 11 is 0. The predicted molar refractivity (Wildman–Crippen MR) is 75.8 cm³/mol. The maximum atomic E-state index is 13.3. The van der Waals surface area contributed by atoms with Crippen LogP contribution in [-0.2, 0) is 6.54 Å². The highest BCUT2D eigenvalue weighted by molar-refractivity contribution is 5.66. The highest BCUT2D eigenvalue weighted by Crippen LogP contribution is 2.22. The van der Waals surface area contributed by atoms with E-state index >= 15 is 0 Å². The van der Waals surface area contributed by atoms with Crippen molar-refractivity contribution in [3.8, 4) is 5.75 Å². The van der Waals surface area contributed by atoms with E-state index in [4.69, 9.17) is 10.5 Å². The second kappa shape index (κ2) is 6.09. The van der Waals surface area contributed by atoms with E-state index in [-0.39, 0.29) is 5.69 Å². The molecule has 2 rings (SSSR count). The molecule has 0 amide bonds. The van der Waals surface area contributed by atoms with Crippen LogP contribution >= 0.6 is 0 Å². The Hall–Kier alpha value is -2.23. The van der Waals surface area contributed by atoms with Gasteiger partial charge in [-0.3, -0.25) is 0 Å². The Morgan fingerprint density at radius 2 is 1.89 bits per heavy atom. The molecule has 100 valence electrons. The van der Waals surface area contributed by atoms with Gasteiger partial charge in [-0.05, 0) is 36.8 Å². The summed E-state index contributed by atoms with van der Waals surface area (Å²) in [5, 5.41) is 3.12. The van der Waals surface area contributed by atoms with E-state index in [1.54, 1.807) is 12.1 Å². The second-order valence-electron chi connectivity index (χ2n) is 4.13. The fourth-order valence-corrected chi connectivity index (χ4v) is 1.76. The average molecular weight is 260 g/mol. The van der Waals surface area contributed by atoms with E-state index in [1.165, 1.54) is 6.07 Å². The molecule has 0 atom stereocenters. The van der Waals surface area contributed by atoms with Crippen molar-refractivity contribution in [3.63, 3.8) is 0 Å². The largest absolute Gasteiger partial charge is 0.494 e. The number of hydrogen-bond acceptors (Lipinski definition) is 3. The van der Waals surface area contributed by atoms with Gasteiger partial charge in [0.1, 0.15) is 11.6 Å². The summed E-state index contributed by atoms with van der Waals surface area (Å²) in [5.74, 6) is 0.438. The number of halogens is 1. The van der Waals surface area contributed by atoms with Gasteiger partial charge in [0.05, 0.1) is 18.0 Å². The minimum Gasteiger partial charge on any atom is -0.494 e. The molecule has 3 nitrogen and oxygen atoms in total. The van der Waals surface area contributed by atoms with Crippen LogP contribution in [0.5, 0.6) is 5.75 Å². The Bertz CT molecular complexity index is 540. The van der Waals surface area contributed by atoms with Crippen molar-refractivity contribution in [1.82, 2.24) is 0 Å². The second-order valence-corrected chi connectivity index (χ2v) is 4.13. The van der Waals surface area contributed by atoms with Crippen molar-refractivity contribution < 1.29 is 9.13 Å². The lowest BCUT2D eigenvalue weighted by Crippen LogP contribution is -2.03. The number of rotatable bonds is 5. The highest BCUT2D eigenvalue weighted by atomic mass is 19.1. The summed E-state index contributed by atoms with van der Waals surface area (Å²) < 4.78 is 18.6. The van der Waals surface area contributed by atoms with E-state index in [9.17, 15) is 4.39 Å². The molecule has 0 bridgehead atoms. The Morgan fingerprint density at radius 3 is 2.58 bits per heavy atom. The zero-order valence-electron chi connectivity index (χ0n) is 10.8. The minimum absolute atomic E-state index is 0.147. The molecule has 0 saturated carbocycles. The number of para-hydroxylation sites is 1. The first-order valence-electron chi connectivity index (χ1n) is 6.20. The Kier molecular flexibility index (Phi) is 4.23. The molecule has 0 aliphatic rings. The van der Waals surface area contributed by atoms with Crippen LogP contribution in [0.2, 0.25) is 0 Å². The SMILES string of the molecule is CCOc1ccc(CNc2cccc(F)c2N)cc1. The molecule has 0 aliphatic heterocycles. The van der Waals surface area contributed by atoms with E-state index in [1.807, 2.05) is 31.2 Å². The molecule has 0 aromatic heterocycles. The zero-order chi connectivity index (χ0) is 13.7. The topological polar surface area (TPSA) is 47.3 Å². The van der Waals surface area contributed by atoms with Gasteiger partial charge in [0.15, 0.2) is 0 Å². The van der Waals surface area contributed by atoms with Crippen LogP contribution in [0.25, 0.3) is 0 Å². The van der Waals surface area contributed by atoms with Crippen LogP contribution in [0, 0.1) is 5.82 Å². The molecular weight excluding hydrogens is 243 g/mol. The van der Waals surface area contributed by atoms with Gasteiger partial charge in [-0.2, -0.15) is 0 Å². The average Bonchev–Trinajstić information content (AvgIpc) is 2.42. The van der Waals surface area contributed by atoms with Gasteiger partial charge in [0, 0.05) is 6.54 Å². The smallest absolute Gasteiger partial charge is 0.148 e. The standard InChI is InChI=1S/C15H17FN2O/c1-2-19-12-8-6-11(7-9-12)10-18-14-5-3-4-13(16)15(14)17/h3-9,18H,2,10,17H2,1H3. The number of nitrogen functional groups attached to an aromatic ring is 1. The maximum Gasteiger partial charge on any atom is 0.148 e. The van der Waals surface area contributed by atoms with Crippen LogP contribution in [0.3, 0.4) is 0 Å². The van der Waals surface area contributed by atoms with Crippen molar-refractivity contribution in [1.29, 1.82) is 0 Å². The van der Waals surface area contributed by atoms with Gasteiger partial charge < -0.3 is 15.8 Å². The van der Waals surface area contributed by atoms with Gasteiger partial charge in [-0.1, -0.05) is 18.2 Å². The molecule has 4 heteroatoms. The van der Waals surface area contributed by atoms with Crippen LogP contribution in [-0.4, -0.2) is 6.61 Å². The Morgan fingerprint density at radius 1 is 1.16 bits per heavy atom. The van der Waals surface area contributed by atoms with Crippen LogP contribution < -0.4 is 15.8 Å². The number of hydrogen-bond donors (Lipinski definition) is 2. The van der Waals surface area contributed by atoms with E-state index in [2.05, 4.69) is 5.32 Å². The Labute approximate surface area is 112 Å². The summed E-state index contributed by atoms with van der Waals surface area (Å²) in [6.45, 7) is 3.18. The highest BCUT2D eigenvalue weighted by Gasteiger charge is 2.03. The van der Waals surface area contributed by atoms with Crippen molar-refractivity contribution in [2.45, 2.75) is 13.5 Å². The van der Waals surface area contributed by atoms with Crippen molar-refractivity contribution in [2.75, 3.05) is 17.7 Å². The van der Waals surface area contributed by atoms with E-state index in [0.717, 1.165) is 11.3 Å². The molecular formula is C15H17FN2O. The minimum atomic E-state index is -0.406. The number of nitrogens with one attached hydrogen (secondary N) is 1. The normalized spacial score (nSPS) is 10.2. The molecule has 3 N–H and O–H groups in total. The van der Waals surface area contributed by atoms with Crippen LogP contribution in [0.4, 0.5) is 15.8 Å². The van der Waals surface area contributed by atoms with Crippen molar-refractivity contribution in [3.05, 3.63) is 53.8 Å². The quantitative estimate of drug-likeness (QED) is 0.810. The van der Waals surface area contributed by atoms with Crippen molar-refractivity contribution in [2.24, 2.45) is 0 Å². The number of benzene rings is 2. The molecule has 0 saturated heterocycles. The summed E-state index contributed by atoms with van der Waals surface area (Å²) in [4.78, 5) is 0. The zero-order valence-corrected chi connectivity index (χ0v) is 10.8. The maximum absolute atomic E-state index is 13.3. The number of nitrogens with two attached hydrogens (primary N) is 1. The van der Waals surface area contributed by atoms with E-state index in [0.29, 0.717) is 18.8 Å². The number of anilines is 2. The first-order chi connectivity index (χ1) is 9.20. The summed E-state index contributed by atoms with van der Waals surface area (Å²) in [7, 11) is 0. The van der Waals surface area contributed by atoms with Crippen LogP contribution in [0.15, 0.2) is 42.5 Å². The lowest BCUT2D eigenvalue weighted by molar-refractivity contribution is 0.340. The molecule has 0 spiro atoms. The predicted octanol–water partition coefficient (Wildman–Crippen LogP) is 3.42. The van der Waals surface area contributed by atoms with Crippen LogP contribution in [0.1, 0.15) is 12.5 Å². The molecule has 0 aliphatic carbocycles. The van der Waals surface area contributed by atoms with Gasteiger partial charge in [0.25, 0.3) is 0 Å². The van der Waals surface area contributed by atoms with Crippen molar-refractivity contribution >= 4 is 11.4 Å². The molecule has 0 heterocycles. The first kappa shape index (κ1) is 13.2. The third-order valence-electron chi connectivity index (χ3n) is 2.77. The summed E-state index contributed by atoms with van der Waals surface area (Å²) in [5.41, 5.74) is 7.48. The summed E-state index contributed by atoms with van der Waals surface area (Å²) in [6.07, 6.45) is 0. The fraction of sp³-hybridized carbons (Fsp3) is 0.200. The third kappa shape index (κ3) is 3.37. The summed E-state index contributed by atoms with van der Waals surface area (Å²) in [6, 6.07) is 12.5. The molecule has 0 unspecified atom stereocenters. The van der Waals surface area contributed by atoms with Gasteiger partial charge in [0.2, 0.25) is 0 Å². The van der Waals surface area contributed by atoms with Gasteiger partial charge >= 0.3 is 0 Å². The molecule has 0 radical (unpaired) electrons. The fourth-order valence-electron chi connectivity index (χ4n) is 1.76. The monoisotopic (exact) mass is 260 g/mol. The lowest BCUT2D eigenvalue weighted by atomic mass is 10.2. The lowest BCUT2D eigenvalue weighted by Gasteiger charge is -2.10. The first-order valence-corrected chi connectivity index (χ1v) is 6.20. The third-order valence-corrected chi connectivity index (χ3v) is 2.77. The van der Waals surface area contributed by atoms with Gasteiger partial charge in [-0.15, -0.1) is 0 Å². The molecule has 19 heavy (non-hydrogen) atoms. The van der Waals surface area contributed by atoms with E-state index < -0.39 is 5.82 Å².